The van der Waals surface area contributed by atoms with Crippen LogP contribution in [0.3, 0.4) is 0 Å². The van der Waals surface area contributed by atoms with Gasteiger partial charge in [0.2, 0.25) is 0 Å². The summed E-state index contributed by atoms with van der Waals surface area (Å²) in [6.07, 6.45) is 3.27. The molecule has 0 saturated heterocycles. The summed E-state index contributed by atoms with van der Waals surface area (Å²) < 4.78 is 27.8. The van der Waals surface area contributed by atoms with Gasteiger partial charge in [0, 0.05) is 18.2 Å². The normalized spacial score (nSPS) is 14.6. The SMILES string of the molecule is CC(C)NC(=O)N(Cc1ccccc1OS(C)(=O)=O)CC1CC1. The van der Waals surface area contributed by atoms with E-state index < -0.39 is 10.1 Å². The molecule has 0 aliphatic heterocycles. The summed E-state index contributed by atoms with van der Waals surface area (Å²) in [4.78, 5) is 14.1. The summed E-state index contributed by atoms with van der Waals surface area (Å²) in [5.74, 6) is 0.809. The Morgan fingerprint density at radius 3 is 2.57 bits per heavy atom. The largest absolute Gasteiger partial charge is 0.382 e. The minimum absolute atomic E-state index is 0.0479. The predicted octanol–water partition coefficient (Wildman–Crippen LogP) is 2.36. The van der Waals surface area contributed by atoms with E-state index in [2.05, 4.69) is 5.32 Å². The molecule has 0 spiro atoms. The van der Waals surface area contributed by atoms with E-state index in [0.717, 1.165) is 19.1 Å². The molecule has 0 radical (unpaired) electrons. The molecule has 1 saturated carbocycles. The molecule has 0 unspecified atom stereocenters. The summed E-state index contributed by atoms with van der Waals surface area (Å²) in [5, 5.41) is 2.89. The smallest absolute Gasteiger partial charge is 0.317 e. The Bertz CT molecular complexity index is 654. The van der Waals surface area contributed by atoms with Crippen LogP contribution >= 0.6 is 0 Å². The Labute approximate surface area is 137 Å². The molecular formula is C16H24N2O4S. The third-order valence-electron chi connectivity index (χ3n) is 3.45. The van der Waals surface area contributed by atoms with Crippen molar-refractivity contribution < 1.29 is 17.4 Å². The second kappa shape index (κ2) is 7.21. The highest BCUT2D eigenvalue weighted by atomic mass is 32.2. The number of nitrogens with one attached hydrogen (secondary N) is 1. The van der Waals surface area contributed by atoms with Gasteiger partial charge in [-0.1, -0.05) is 18.2 Å². The molecule has 0 atom stereocenters. The van der Waals surface area contributed by atoms with Crippen molar-refractivity contribution in [1.29, 1.82) is 0 Å². The van der Waals surface area contributed by atoms with Crippen LogP contribution in [-0.4, -0.2) is 38.2 Å². The highest BCUT2D eigenvalue weighted by molar-refractivity contribution is 7.86. The molecule has 0 heterocycles. The van der Waals surface area contributed by atoms with Gasteiger partial charge in [0.15, 0.2) is 0 Å². The van der Waals surface area contributed by atoms with Crippen molar-refractivity contribution in [2.45, 2.75) is 39.3 Å². The van der Waals surface area contributed by atoms with Crippen molar-refractivity contribution in [1.82, 2.24) is 10.2 Å². The van der Waals surface area contributed by atoms with Crippen LogP contribution in [0.4, 0.5) is 4.79 Å². The number of carbonyl (C=O) groups is 1. The van der Waals surface area contributed by atoms with Gasteiger partial charge in [0.05, 0.1) is 12.8 Å². The van der Waals surface area contributed by atoms with Crippen LogP contribution in [0.25, 0.3) is 0 Å². The first-order chi connectivity index (χ1) is 10.7. The van der Waals surface area contributed by atoms with Gasteiger partial charge in [-0.05, 0) is 38.7 Å². The quantitative estimate of drug-likeness (QED) is 0.773. The van der Waals surface area contributed by atoms with Crippen LogP contribution in [0.1, 0.15) is 32.3 Å². The van der Waals surface area contributed by atoms with Crippen LogP contribution in [0.5, 0.6) is 5.75 Å². The Morgan fingerprint density at radius 2 is 2.00 bits per heavy atom. The van der Waals surface area contributed by atoms with E-state index in [1.165, 1.54) is 0 Å². The highest BCUT2D eigenvalue weighted by Crippen LogP contribution is 2.31. The summed E-state index contributed by atoms with van der Waals surface area (Å²) in [5.41, 5.74) is 0.678. The van der Waals surface area contributed by atoms with Gasteiger partial charge in [-0.3, -0.25) is 0 Å². The average molecular weight is 340 g/mol. The maximum Gasteiger partial charge on any atom is 0.317 e. The van der Waals surface area contributed by atoms with Crippen LogP contribution in [0.15, 0.2) is 24.3 Å². The molecule has 2 amide bonds. The summed E-state index contributed by atoms with van der Waals surface area (Å²) in [6.45, 7) is 4.81. The van der Waals surface area contributed by atoms with Crippen LogP contribution in [0, 0.1) is 5.92 Å². The molecule has 23 heavy (non-hydrogen) atoms. The van der Waals surface area contributed by atoms with E-state index >= 15 is 0 Å². The number of hydrogen-bond acceptors (Lipinski definition) is 4. The van der Waals surface area contributed by atoms with Crippen molar-refractivity contribution in [3.05, 3.63) is 29.8 Å². The van der Waals surface area contributed by atoms with Gasteiger partial charge >= 0.3 is 16.1 Å². The molecule has 2 rings (SSSR count). The zero-order valence-corrected chi connectivity index (χ0v) is 14.6. The Kier molecular flexibility index (Phi) is 5.51. The van der Waals surface area contributed by atoms with Gasteiger partial charge in [-0.25, -0.2) is 4.79 Å². The lowest BCUT2D eigenvalue weighted by Crippen LogP contribution is -2.43. The van der Waals surface area contributed by atoms with Gasteiger partial charge < -0.3 is 14.4 Å². The van der Waals surface area contributed by atoms with E-state index in [1.54, 1.807) is 29.2 Å². The Hall–Kier alpha value is -1.76. The second-order valence-electron chi connectivity index (χ2n) is 6.32. The number of rotatable bonds is 7. The topological polar surface area (TPSA) is 75.7 Å². The van der Waals surface area contributed by atoms with Crippen molar-refractivity contribution in [3.63, 3.8) is 0 Å². The van der Waals surface area contributed by atoms with E-state index in [-0.39, 0.29) is 17.8 Å². The van der Waals surface area contributed by atoms with Gasteiger partial charge in [0.25, 0.3) is 0 Å². The summed E-state index contributed by atoms with van der Waals surface area (Å²) in [7, 11) is -3.60. The molecule has 128 valence electrons. The lowest BCUT2D eigenvalue weighted by atomic mass is 10.2. The van der Waals surface area contributed by atoms with Crippen molar-refractivity contribution >= 4 is 16.1 Å². The van der Waals surface area contributed by atoms with E-state index in [1.807, 2.05) is 13.8 Å². The fourth-order valence-electron chi connectivity index (χ4n) is 2.25. The van der Waals surface area contributed by atoms with Crippen LogP contribution in [0.2, 0.25) is 0 Å². The number of carbonyl (C=O) groups excluding carboxylic acids is 1. The Morgan fingerprint density at radius 1 is 1.35 bits per heavy atom. The number of nitrogens with zero attached hydrogens (tertiary/aromatic N) is 1. The van der Waals surface area contributed by atoms with Crippen molar-refractivity contribution in [3.8, 4) is 5.75 Å². The fourth-order valence-corrected chi connectivity index (χ4v) is 2.74. The molecule has 1 aliphatic carbocycles. The minimum Gasteiger partial charge on any atom is -0.382 e. The fraction of sp³-hybridized carbons (Fsp3) is 0.562. The molecule has 0 aromatic heterocycles. The maximum atomic E-state index is 12.4. The van der Waals surface area contributed by atoms with Crippen LogP contribution < -0.4 is 9.50 Å². The first kappa shape index (κ1) is 17.6. The zero-order chi connectivity index (χ0) is 17.0. The predicted molar refractivity (Wildman–Crippen MR) is 88.7 cm³/mol. The van der Waals surface area contributed by atoms with E-state index in [9.17, 15) is 13.2 Å². The van der Waals surface area contributed by atoms with Gasteiger partial charge in [-0.15, -0.1) is 0 Å². The molecule has 1 aliphatic rings. The van der Waals surface area contributed by atoms with E-state index in [4.69, 9.17) is 4.18 Å². The number of urea groups is 1. The van der Waals surface area contributed by atoms with Crippen molar-refractivity contribution in [2.24, 2.45) is 5.92 Å². The lowest BCUT2D eigenvalue weighted by molar-refractivity contribution is 0.189. The summed E-state index contributed by atoms with van der Waals surface area (Å²) >= 11 is 0. The molecule has 7 heteroatoms. The molecule has 6 nitrogen and oxygen atoms in total. The highest BCUT2D eigenvalue weighted by Gasteiger charge is 2.27. The number of benzene rings is 1. The molecular weight excluding hydrogens is 316 g/mol. The maximum absolute atomic E-state index is 12.4. The zero-order valence-electron chi connectivity index (χ0n) is 13.8. The second-order valence-corrected chi connectivity index (χ2v) is 7.90. The lowest BCUT2D eigenvalue weighted by Gasteiger charge is -2.25. The standard InChI is InChI=1S/C16H24N2O4S/c1-12(2)17-16(19)18(10-13-8-9-13)11-14-6-4-5-7-15(14)22-23(3,20)21/h4-7,12-13H,8-11H2,1-3H3,(H,17,19). The molecule has 1 N–H and O–H groups in total. The van der Waals surface area contributed by atoms with E-state index in [0.29, 0.717) is 24.6 Å². The monoisotopic (exact) mass is 340 g/mol. The third kappa shape index (κ3) is 6.09. The number of para-hydroxylation sites is 1. The molecule has 1 fully saturated rings. The van der Waals surface area contributed by atoms with Gasteiger partial charge in [-0.2, -0.15) is 8.42 Å². The first-order valence-corrected chi connectivity index (χ1v) is 9.59. The summed E-state index contributed by atoms with van der Waals surface area (Å²) in [6, 6.07) is 6.81. The number of hydrogen-bond donors (Lipinski definition) is 1. The average Bonchev–Trinajstić information content (AvgIpc) is 3.21. The minimum atomic E-state index is -3.60. The number of amides is 2. The van der Waals surface area contributed by atoms with Crippen molar-refractivity contribution in [2.75, 3.05) is 12.8 Å². The molecule has 0 bridgehead atoms. The molecule has 1 aromatic rings. The van der Waals surface area contributed by atoms with Crippen LogP contribution in [-0.2, 0) is 16.7 Å². The van der Waals surface area contributed by atoms with Gasteiger partial charge in [0.1, 0.15) is 5.75 Å². The first-order valence-electron chi connectivity index (χ1n) is 7.77. The molecule has 1 aromatic carbocycles. The Balaban J connectivity index is 2.16. The third-order valence-corrected chi connectivity index (χ3v) is 3.93.